The van der Waals surface area contributed by atoms with E-state index in [9.17, 15) is 4.79 Å². The fourth-order valence-electron chi connectivity index (χ4n) is 1.39. The van der Waals surface area contributed by atoms with Crippen LogP contribution in [-0.4, -0.2) is 6.29 Å². The van der Waals surface area contributed by atoms with Crippen molar-refractivity contribution in [2.24, 2.45) is 5.92 Å². The second-order valence-corrected chi connectivity index (χ2v) is 4.12. The molecule has 1 heteroatoms. The van der Waals surface area contributed by atoms with E-state index in [0.29, 0.717) is 6.42 Å². The van der Waals surface area contributed by atoms with Crippen LogP contribution >= 0.6 is 0 Å². The molecule has 76 valence electrons. The Balaban J connectivity index is 2.50. The summed E-state index contributed by atoms with van der Waals surface area (Å²) < 4.78 is 0. The van der Waals surface area contributed by atoms with E-state index >= 15 is 0 Å². The zero-order chi connectivity index (χ0) is 10.4. The van der Waals surface area contributed by atoms with Gasteiger partial charge in [-0.05, 0) is 29.9 Å². The van der Waals surface area contributed by atoms with Crippen LogP contribution in [0.5, 0.6) is 0 Å². The Morgan fingerprint density at radius 3 is 2.21 bits per heavy atom. The van der Waals surface area contributed by atoms with Gasteiger partial charge in [0.2, 0.25) is 0 Å². The van der Waals surface area contributed by atoms with Crippen molar-refractivity contribution >= 4 is 6.29 Å². The normalized spacial score (nSPS) is 10.5. The van der Waals surface area contributed by atoms with Crippen LogP contribution in [0, 0.1) is 5.92 Å². The molecule has 0 aliphatic carbocycles. The lowest BCUT2D eigenvalue weighted by atomic mass is 10.0. The van der Waals surface area contributed by atoms with Crippen molar-refractivity contribution in [2.45, 2.75) is 33.1 Å². The van der Waals surface area contributed by atoms with Crippen molar-refractivity contribution in [3.63, 3.8) is 0 Å². The highest BCUT2D eigenvalue weighted by molar-refractivity contribution is 5.54. The maximum absolute atomic E-state index is 10.3. The van der Waals surface area contributed by atoms with Gasteiger partial charge in [0.1, 0.15) is 6.29 Å². The SMILES string of the molecule is CC(C)CCc1ccc(CC=O)cc1. The molecule has 14 heavy (non-hydrogen) atoms. The molecule has 1 rings (SSSR count). The first-order valence-electron chi connectivity index (χ1n) is 5.24. The van der Waals surface area contributed by atoms with Crippen LogP contribution in [0.25, 0.3) is 0 Å². The summed E-state index contributed by atoms with van der Waals surface area (Å²) in [5.41, 5.74) is 2.47. The molecule has 0 N–H and O–H groups in total. The van der Waals surface area contributed by atoms with Crippen molar-refractivity contribution in [3.8, 4) is 0 Å². The quantitative estimate of drug-likeness (QED) is 0.652. The first-order valence-corrected chi connectivity index (χ1v) is 5.24. The predicted octanol–water partition coefficient (Wildman–Crippen LogP) is 3.02. The number of rotatable bonds is 5. The molecule has 1 aromatic carbocycles. The first-order chi connectivity index (χ1) is 6.72. The molecule has 0 saturated heterocycles. The molecule has 0 radical (unpaired) electrons. The first kappa shape index (κ1) is 11.0. The fourth-order valence-corrected chi connectivity index (χ4v) is 1.39. The molecule has 0 spiro atoms. The number of aldehydes is 1. The largest absolute Gasteiger partial charge is 0.303 e. The number of aryl methyl sites for hydroxylation is 1. The van der Waals surface area contributed by atoms with Crippen molar-refractivity contribution in [1.29, 1.82) is 0 Å². The van der Waals surface area contributed by atoms with Crippen LogP contribution in [0.2, 0.25) is 0 Å². The summed E-state index contributed by atoms with van der Waals surface area (Å²) in [7, 11) is 0. The number of hydrogen-bond donors (Lipinski definition) is 0. The van der Waals surface area contributed by atoms with Gasteiger partial charge in [0.05, 0.1) is 0 Å². The zero-order valence-electron chi connectivity index (χ0n) is 8.99. The van der Waals surface area contributed by atoms with E-state index in [0.717, 1.165) is 24.2 Å². The maximum atomic E-state index is 10.3. The number of hydrogen-bond acceptors (Lipinski definition) is 1. The Hall–Kier alpha value is -1.11. The van der Waals surface area contributed by atoms with Crippen molar-refractivity contribution in [2.75, 3.05) is 0 Å². The lowest BCUT2D eigenvalue weighted by Gasteiger charge is -2.04. The van der Waals surface area contributed by atoms with E-state index in [1.807, 2.05) is 12.1 Å². The second kappa shape index (κ2) is 5.58. The maximum Gasteiger partial charge on any atom is 0.124 e. The molecule has 0 bridgehead atoms. The minimum absolute atomic E-state index is 0.532. The minimum Gasteiger partial charge on any atom is -0.303 e. The summed E-state index contributed by atoms with van der Waals surface area (Å²) in [5, 5.41) is 0. The van der Waals surface area contributed by atoms with Gasteiger partial charge < -0.3 is 4.79 Å². The molecule has 0 amide bonds. The van der Waals surface area contributed by atoms with Gasteiger partial charge in [-0.15, -0.1) is 0 Å². The summed E-state index contributed by atoms with van der Waals surface area (Å²) in [6.45, 7) is 4.47. The van der Waals surface area contributed by atoms with Gasteiger partial charge in [-0.25, -0.2) is 0 Å². The van der Waals surface area contributed by atoms with E-state index in [2.05, 4.69) is 26.0 Å². The molecule has 1 aromatic rings. The average Bonchev–Trinajstić information content (AvgIpc) is 2.17. The van der Waals surface area contributed by atoms with E-state index in [1.54, 1.807) is 0 Å². The van der Waals surface area contributed by atoms with Gasteiger partial charge in [0, 0.05) is 6.42 Å². The number of carbonyl (C=O) groups is 1. The van der Waals surface area contributed by atoms with Crippen LogP contribution in [0.1, 0.15) is 31.4 Å². The summed E-state index contributed by atoms with van der Waals surface area (Å²) in [5.74, 6) is 0.754. The predicted molar refractivity (Wildman–Crippen MR) is 59.4 cm³/mol. The molecular formula is C13H18O. The highest BCUT2D eigenvalue weighted by atomic mass is 16.1. The smallest absolute Gasteiger partial charge is 0.124 e. The Labute approximate surface area is 86.1 Å². The third kappa shape index (κ3) is 3.73. The molecule has 0 aromatic heterocycles. The van der Waals surface area contributed by atoms with E-state index < -0.39 is 0 Å². The molecule has 0 fully saturated rings. The lowest BCUT2D eigenvalue weighted by molar-refractivity contribution is -0.107. The van der Waals surface area contributed by atoms with Crippen molar-refractivity contribution < 1.29 is 4.79 Å². The minimum atomic E-state index is 0.532. The van der Waals surface area contributed by atoms with Crippen LogP contribution in [0.15, 0.2) is 24.3 Å². The van der Waals surface area contributed by atoms with Gasteiger partial charge in [0.15, 0.2) is 0 Å². The molecular weight excluding hydrogens is 172 g/mol. The fraction of sp³-hybridized carbons (Fsp3) is 0.462. The van der Waals surface area contributed by atoms with Crippen LogP contribution in [-0.2, 0) is 17.6 Å². The highest BCUT2D eigenvalue weighted by Crippen LogP contribution is 2.10. The molecule has 0 saturated carbocycles. The van der Waals surface area contributed by atoms with E-state index in [4.69, 9.17) is 0 Å². The summed E-state index contributed by atoms with van der Waals surface area (Å²) in [6.07, 6.45) is 3.85. The van der Waals surface area contributed by atoms with Crippen LogP contribution in [0.3, 0.4) is 0 Å². The molecule has 0 aliphatic heterocycles. The molecule has 1 nitrogen and oxygen atoms in total. The third-order valence-electron chi connectivity index (χ3n) is 2.35. The standard InChI is InChI=1S/C13H18O/c1-11(2)3-4-12-5-7-13(8-6-12)9-10-14/h5-8,10-11H,3-4,9H2,1-2H3. The lowest BCUT2D eigenvalue weighted by Crippen LogP contribution is -1.93. The monoisotopic (exact) mass is 190 g/mol. The van der Waals surface area contributed by atoms with Crippen molar-refractivity contribution in [3.05, 3.63) is 35.4 Å². The van der Waals surface area contributed by atoms with E-state index in [1.165, 1.54) is 12.0 Å². The molecule has 0 unspecified atom stereocenters. The average molecular weight is 190 g/mol. The number of benzene rings is 1. The van der Waals surface area contributed by atoms with Gasteiger partial charge >= 0.3 is 0 Å². The summed E-state index contributed by atoms with van der Waals surface area (Å²) >= 11 is 0. The van der Waals surface area contributed by atoms with Crippen molar-refractivity contribution in [1.82, 2.24) is 0 Å². The van der Waals surface area contributed by atoms with Gasteiger partial charge in [0.25, 0.3) is 0 Å². The van der Waals surface area contributed by atoms with E-state index in [-0.39, 0.29) is 0 Å². The topological polar surface area (TPSA) is 17.1 Å². The second-order valence-electron chi connectivity index (χ2n) is 4.12. The summed E-state index contributed by atoms with van der Waals surface area (Å²) in [6, 6.07) is 8.34. The van der Waals surface area contributed by atoms with Gasteiger partial charge in [-0.1, -0.05) is 38.1 Å². The zero-order valence-corrected chi connectivity index (χ0v) is 8.99. The number of carbonyl (C=O) groups excluding carboxylic acids is 1. The van der Waals surface area contributed by atoms with Gasteiger partial charge in [-0.2, -0.15) is 0 Å². The molecule has 0 aliphatic rings. The molecule has 0 heterocycles. The van der Waals surface area contributed by atoms with Crippen LogP contribution in [0.4, 0.5) is 0 Å². The van der Waals surface area contributed by atoms with Gasteiger partial charge in [-0.3, -0.25) is 0 Å². The Kier molecular flexibility index (Phi) is 4.37. The molecule has 0 atom stereocenters. The third-order valence-corrected chi connectivity index (χ3v) is 2.35. The highest BCUT2D eigenvalue weighted by Gasteiger charge is 1.97. The Morgan fingerprint density at radius 2 is 1.71 bits per heavy atom. The summed E-state index contributed by atoms with van der Waals surface area (Å²) in [4.78, 5) is 10.3. The Bertz CT molecular complexity index is 272. The van der Waals surface area contributed by atoms with Crippen LogP contribution < -0.4 is 0 Å². The Morgan fingerprint density at radius 1 is 1.14 bits per heavy atom.